The normalized spacial score (nSPS) is 17.2. The number of benzene rings is 1. The molecule has 1 fully saturated rings. The lowest BCUT2D eigenvalue weighted by atomic mass is 10.0. The molecule has 1 aromatic rings. The maximum absolute atomic E-state index is 12.2. The fourth-order valence-corrected chi connectivity index (χ4v) is 3.58. The van der Waals surface area contributed by atoms with Crippen molar-refractivity contribution in [2.24, 2.45) is 4.99 Å². The fraction of sp³-hybridized carbons (Fsp3) is 0.619. The molecule has 8 heteroatoms. The number of hydrogen-bond donors (Lipinski definition) is 3. The van der Waals surface area contributed by atoms with E-state index in [1.807, 2.05) is 12.1 Å². The Morgan fingerprint density at radius 2 is 1.97 bits per heavy atom. The highest BCUT2D eigenvalue weighted by Gasteiger charge is 2.19. The lowest BCUT2D eigenvalue weighted by molar-refractivity contribution is 0.0954. The quantitative estimate of drug-likeness (QED) is 0.203. The second-order valence-electron chi connectivity index (χ2n) is 7.01. The standard InChI is InChI=1S/C21H35N5O2.HI/c1-4-18-9-5-6-14-26(18)15-13-25-21(22-2)24-12-11-23-20(27)17-8-7-10-19(16-17)28-3;/h7-8,10,16,18H,4-6,9,11-15H2,1-3H3,(H,23,27)(H2,22,24,25);1H. The molecule has 0 aliphatic carbocycles. The molecule has 0 saturated carbocycles. The Balaban J connectivity index is 0.00000420. The number of methoxy groups -OCH3 is 1. The molecular weight excluding hydrogens is 481 g/mol. The third kappa shape index (κ3) is 8.77. The van der Waals surface area contributed by atoms with Crippen LogP contribution in [0, 0.1) is 0 Å². The predicted molar refractivity (Wildman–Crippen MR) is 130 cm³/mol. The van der Waals surface area contributed by atoms with E-state index in [9.17, 15) is 4.79 Å². The number of carbonyl (C=O) groups is 1. The van der Waals surface area contributed by atoms with Gasteiger partial charge in [-0.3, -0.25) is 14.7 Å². The van der Waals surface area contributed by atoms with Crippen molar-refractivity contribution >= 4 is 35.8 Å². The summed E-state index contributed by atoms with van der Waals surface area (Å²) in [5.74, 6) is 1.33. The van der Waals surface area contributed by atoms with Crippen LogP contribution in [0.2, 0.25) is 0 Å². The van der Waals surface area contributed by atoms with Crippen LogP contribution in [-0.4, -0.2) is 69.7 Å². The molecular formula is C21H36IN5O2. The molecule has 1 amide bonds. The Morgan fingerprint density at radius 1 is 1.21 bits per heavy atom. The number of hydrogen-bond acceptors (Lipinski definition) is 4. The van der Waals surface area contributed by atoms with E-state index in [0.29, 0.717) is 24.4 Å². The topological polar surface area (TPSA) is 78.0 Å². The van der Waals surface area contributed by atoms with Gasteiger partial charge in [0.25, 0.3) is 5.91 Å². The Labute approximate surface area is 192 Å². The highest BCUT2D eigenvalue weighted by molar-refractivity contribution is 14.0. The first-order valence-corrected chi connectivity index (χ1v) is 10.3. The fourth-order valence-electron chi connectivity index (χ4n) is 3.58. The number of halogens is 1. The molecule has 0 bridgehead atoms. The van der Waals surface area contributed by atoms with Gasteiger partial charge in [0.15, 0.2) is 5.96 Å². The van der Waals surface area contributed by atoms with Gasteiger partial charge in [0.05, 0.1) is 7.11 Å². The zero-order valence-corrected chi connectivity index (χ0v) is 20.2. The minimum Gasteiger partial charge on any atom is -0.497 e. The minimum absolute atomic E-state index is 0. The Morgan fingerprint density at radius 3 is 2.69 bits per heavy atom. The number of likely N-dealkylation sites (tertiary alicyclic amines) is 1. The number of ether oxygens (including phenoxy) is 1. The van der Waals surface area contributed by atoms with Crippen LogP contribution in [0.1, 0.15) is 43.0 Å². The van der Waals surface area contributed by atoms with E-state index in [4.69, 9.17) is 4.74 Å². The van der Waals surface area contributed by atoms with Gasteiger partial charge in [-0.15, -0.1) is 24.0 Å². The lowest BCUT2D eigenvalue weighted by Gasteiger charge is -2.35. The third-order valence-corrected chi connectivity index (χ3v) is 5.17. The zero-order chi connectivity index (χ0) is 20.2. The Bertz CT molecular complexity index is 641. The molecule has 0 radical (unpaired) electrons. The van der Waals surface area contributed by atoms with Gasteiger partial charge in [-0.25, -0.2) is 0 Å². The van der Waals surface area contributed by atoms with Gasteiger partial charge >= 0.3 is 0 Å². The number of nitrogens with zero attached hydrogens (tertiary/aromatic N) is 2. The molecule has 2 rings (SSSR count). The van der Waals surface area contributed by atoms with Crippen molar-refractivity contribution in [3.63, 3.8) is 0 Å². The average molecular weight is 517 g/mol. The average Bonchev–Trinajstić information content (AvgIpc) is 2.75. The van der Waals surface area contributed by atoms with Crippen molar-refractivity contribution in [3.8, 4) is 5.75 Å². The largest absolute Gasteiger partial charge is 0.497 e. The first-order valence-electron chi connectivity index (χ1n) is 10.3. The third-order valence-electron chi connectivity index (χ3n) is 5.17. The van der Waals surface area contributed by atoms with Gasteiger partial charge < -0.3 is 20.7 Å². The minimum atomic E-state index is -0.112. The van der Waals surface area contributed by atoms with Crippen LogP contribution in [0.5, 0.6) is 5.75 Å². The molecule has 1 aliphatic rings. The number of amides is 1. The van der Waals surface area contributed by atoms with Crippen molar-refractivity contribution in [2.45, 2.75) is 38.6 Å². The molecule has 1 aromatic carbocycles. The summed E-state index contributed by atoms with van der Waals surface area (Å²) in [6.07, 6.45) is 5.19. The number of carbonyl (C=O) groups excluding carboxylic acids is 1. The van der Waals surface area contributed by atoms with Gasteiger partial charge in [0.1, 0.15) is 5.75 Å². The van der Waals surface area contributed by atoms with E-state index in [2.05, 4.69) is 32.8 Å². The molecule has 164 valence electrons. The summed E-state index contributed by atoms with van der Waals surface area (Å²) in [6.45, 7) is 6.49. The van der Waals surface area contributed by atoms with Crippen molar-refractivity contribution in [1.82, 2.24) is 20.9 Å². The summed E-state index contributed by atoms with van der Waals surface area (Å²) in [6, 6.07) is 7.85. The molecule has 0 aromatic heterocycles. The predicted octanol–water partition coefficient (Wildman–Crippen LogP) is 2.47. The highest BCUT2D eigenvalue weighted by atomic mass is 127. The molecule has 3 N–H and O–H groups in total. The van der Waals surface area contributed by atoms with Crippen LogP contribution in [0.25, 0.3) is 0 Å². The zero-order valence-electron chi connectivity index (χ0n) is 17.9. The lowest BCUT2D eigenvalue weighted by Crippen LogP contribution is -2.46. The molecule has 1 heterocycles. The Hall–Kier alpha value is -1.55. The van der Waals surface area contributed by atoms with E-state index in [0.717, 1.165) is 25.1 Å². The van der Waals surface area contributed by atoms with Crippen molar-refractivity contribution in [1.29, 1.82) is 0 Å². The molecule has 1 atom stereocenters. The summed E-state index contributed by atoms with van der Waals surface area (Å²) in [5.41, 5.74) is 0.592. The van der Waals surface area contributed by atoms with Gasteiger partial charge in [-0.1, -0.05) is 19.4 Å². The van der Waals surface area contributed by atoms with Crippen LogP contribution in [0.4, 0.5) is 0 Å². The number of aliphatic imine (C=N–C) groups is 1. The summed E-state index contributed by atoms with van der Waals surface area (Å²) >= 11 is 0. The molecule has 0 spiro atoms. The van der Waals surface area contributed by atoms with Crippen molar-refractivity contribution in [2.75, 3.05) is 46.9 Å². The molecule has 1 aliphatic heterocycles. The number of guanidine groups is 1. The van der Waals surface area contributed by atoms with Crippen LogP contribution < -0.4 is 20.7 Å². The SMILES string of the molecule is CCC1CCCCN1CCNC(=NC)NCCNC(=O)c1cccc(OC)c1.I. The van der Waals surface area contributed by atoms with Gasteiger partial charge in [0, 0.05) is 44.8 Å². The first-order chi connectivity index (χ1) is 13.7. The van der Waals surface area contributed by atoms with E-state index < -0.39 is 0 Å². The smallest absolute Gasteiger partial charge is 0.251 e. The summed E-state index contributed by atoms with van der Waals surface area (Å²) in [7, 11) is 3.35. The van der Waals surface area contributed by atoms with Crippen LogP contribution in [0.15, 0.2) is 29.3 Å². The molecule has 29 heavy (non-hydrogen) atoms. The second-order valence-corrected chi connectivity index (χ2v) is 7.01. The Kier molecular flexibility index (Phi) is 12.7. The maximum atomic E-state index is 12.2. The highest BCUT2D eigenvalue weighted by Crippen LogP contribution is 2.18. The maximum Gasteiger partial charge on any atom is 0.251 e. The molecule has 7 nitrogen and oxygen atoms in total. The molecule has 1 unspecified atom stereocenters. The van der Waals surface area contributed by atoms with Gasteiger partial charge in [-0.05, 0) is 44.0 Å². The van der Waals surface area contributed by atoms with E-state index in [-0.39, 0.29) is 29.9 Å². The summed E-state index contributed by atoms with van der Waals surface area (Å²) < 4.78 is 5.15. The van der Waals surface area contributed by atoms with Gasteiger partial charge in [-0.2, -0.15) is 0 Å². The first kappa shape index (κ1) is 25.5. The monoisotopic (exact) mass is 517 g/mol. The summed E-state index contributed by atoms with van der Waals surface area (Å²) in [5, 5.41) is 9.51. The number of nitrogens with one attached hydrogen (secondary N) is 3. The van der Waals surface area contributed by atoms with Crippen LogP contribution in [-0.2, 0) is 0 Å². The number of rotatable bonds is 9. The van der Waals surface area contributed by atoms with E-state index in [1.165, 1.54) is 32.2 Å². The van der Waals surface area contributed by atoms with Gasteiger partial charge in [0.2, 0.25) is 0 Å². The summed E-state index contributed by atoms with van der Waals surface area (Å²) in [4.78, 5) is 19.0. The second kappa shape index (κ2) is 14.4. The van der Waals surface area contributed by atoms with Crippen molar-refractivity contribution in [3.05, 3.63) is 29.8 Å². The van der Waals surface area contributed by atoms with Crippen LogP contribution in [0.3, 0.4) is 0 Å². The van der Waals surface area contributed by atoms with E-state index in [1.54, 1.807) is 26.3 Å². The van der Waals surface area contributed by atoms with Crippen molar-refractivity contribution < 1.29 is 9.53 Å². The number of piperidine rings is 1. The molecule has 1 saturated heterocycles. The van der Waals surface area contributed by atoms with Crippen LogP contribution >= 0.6 is 24.0 Å². The van der Waals surface area contributed by atoms with E-state index >= 15 is 0 Å².